The second kappa shape index (κ2) is 11.3. The third-order valence-corrected chi connectivity index (χ3v) is 4.30. The van der Waals surface area contributed by atoms with E-state index in [1.54, 1.807) is 11.2 Å². The minimum absolute atomic E-state index is 0. The molecule has 8 nitrogen and oxygen atoms in total. The first-order valence-corrected chi connectivity index (χ1v) is 8.69. The van der Waals surface area contributed by atoms with Crippen LogP contribution in [-0.2, 0) is 4.74 Å². The number of nitrogens with zero attached hydrogens (tertiary/aromatic N) is 3. The van der Waals surface area contributed by atoms with E-state index in [0.29, 0.717) is 32.2 Å². The summed E-state index contributed by atoms with van der Waals surface area (Å²) in [6, 6.07) is 4.07. The molecule has 2 rings (SSSR count). The SMILES string of the molecule is CCOC(=O)N1CCC(NC(N)=NCC(c2ccco2)N(C)C)CC1.I. The molecular weight excluding hydrogens is 449 g/mol. The highest BCUT2D eigenvalue weighted by Gasteiger charge is 2.24. The summed E-state index contributed by atoms with van der Waals surface area (Å²) >= 11 is 0. The van der Waals surface area contributed by atoms with E-state index in [1.165, 1.54) is 0 Å². The number of nitrogens with two attached hydrogens (primary N) is 1. The maximum atomic E-state index is 11.7. The lowest BCUT2D eigenvalue weighted by molar-refractivity contribution is 0.0963. The Morgan fingerprint density at radius 2 is 2.19 bits per heavy atom. The molecule has 1 aliphatic rings. The molecule has 3 N–H and O–H groups in total. The van der Waals surface area contributed by atoms with Gasteiger partial charge in [0.05, 0.1) is 25.5 Å². The molecule has 1 saturated heterocycles. The average Bonchev–Trinajstić information content (AvgIpc) is 3.10. The first-order chi connectivity index (χ1) is 12.0. The summed E-state index contributed by atoms with van der Waals surface area (Å²) in [6.45, 7) is 4.06. The first kappa shape index (κ1) is 22.6. The minimum atomic E-state index is -0.241. The quantitative estimate of drug-likeness (QED) is 0.368. The fourth-order valence-corrected chi connectivity index (χ4v) is 2.85. The predicted molar refractivity (Wildman–Crippen MR) is 112 cm³/mol. The summed E-state index contributed by atoms with van der Waals surface area (Å²) in [5, 5.41) is 3.25. The predicted octanol–water partition coefficient (Wildman–Crippen LogP) is 2.03. The Kier molecular flexibility index (Phi) is 9.78. The van der Waals surface area contributed by atoms with E-state index in [1.807, 2.05) is 38.1 Å². The highest BCUT2D eigenvalue weighted by atomic mass is 127. The second-order valence-electron chi connectivity index (χ2n) is 6.33. The fourth-order valence-electron chi connectivity index (χ4n) is 2.85. The number of amides is 1. The van der Waals surface area contributed by atoms with Gasteiger partial charge in [-0.3, -0.25) is 9.89 Å². The van der Waals surface area contributed by atoms with Gasteiger partial charge >= 0.3 is 6.09 Å². The lowest BCUT2D eigenvalue weighted by Crippen LogP contribution is -2.48. The van der Waals surface area contributed by atoms with Crippen LogP contribution in [0.5, 0.6) is 0 Å². The summed E-state index contributed by atoms with van der Waals surface area (Å²) in [6.07, 6.45) is 3.07. The Morgan fingerprint density at radius 1 is 1.50 bits per heavy atom. The molecule has 1 unspecified atom stereocenters. The van der Waals surface area contributed by atoms with Crippen LogP contribution in [0.25, 0.3) is 0 Å². The number of hydrogen-bond acceptors (Lipinski definition) is 5. The van der Waals surface area contributed by atoms with E-state index in [-0.39, 0.29) is 42.2 Å². The summed E-state index contributed by atoms with van der Waals surface area (Å²) in [5.74, 6) is 1.29. The molecule has 1 aromatic rings. The van der Waals surface area contributed by atoms with E-state index in [9.17, 15) is 4.79 Å². The molecule has 0 bridgehead atoms. The number of carbonyl (C=O) groups excluding carboxylic acids is 1. The number of likely N-dealkylation sites (tertiary alicyclic amines) is 1. The Morgan fingerprint density at radius 3 is 2.73 bits per heavy atom. The van der Waals surface area contributed by atoms with Gasteiger partial charge in [-0.1, -0.05) is 0 Å². The van der Waals surface area contributed by atoms with Crippen molar-refractivity contribution in [1.29, 1.82) is 0 Å². The normalized spacial score (nSPS) is 16.9. The molecule has 1 aromatic heterocycles. The van der Waals surface area contributed by atoms with Gasteiger partial charge in [-0.2, -0.15) is 0 Å². The van der Waals surface area contributed by atoms with Crippen molar-refractivity contribution in [3.63, 3.8) is 0 Å². The van der Waals surface area contributed by atoms with Gasteiger partial charge in [-0.15, -0.1) is 24.0 Å². The zero-order valence-corrected chi connectivity index (χ0v) is 18.0. The van der Waals surface area contributed by atoms with Gasteiger partial charge in [-0.05, 0) is 46.0 Å². The zero-order valence-electron chi connectivity index (χ0n) is 15.7. The van der Waals surface area contributed by atoms with Gasteiger partial charge in [0.2, 0.25) is 0 Å². The van der Waals surface area contributed by atoms with E-state index < -0.39 is 0 Å². The van der Waals surface area contributed by atoms with Crippen LogP contribution >= 0.6 is 24.0 Å². The maximum absolute atomic E-state index is 11.7. The monoisotopic (exact) mass is 479 g/mol. The van der Waals surface area contributed by atoms with Crippen LogP contribution in [0.3, 0.4) is 0 Å². The molecule has 1 amide bonds. The van der Waals surface area contributed by atoms with E-state index in [4.69, 9.17) is 14.9 Å². The van der Waals surface area contributed by atoms with Crippen LogP contribution in [0.4, 0.5) is 4.79 Å². The number of piperidine rings is 1. The third-order valence-electron chi connectivity index (χ3n) is 4.30. The van der Waals surface area contributed by atoms with Crippen LogP contribution < -0.4 is 11.1 Å². The van der Waals surface area contributed by atoms with Crippen LogP contribution in [0.2, 0.25) is 0 Å². The Balaban J connectivity index is 0.00000338. The van der Waals surface area contributed by atoms with Gasteiger partial charge in [-0.25, -0.2) is 4.79 Å². The molecular formula is C17H30IN5O3. The van der Waals surface area contributed by atoms with Gasteiger partial charge in [0.1, 0.15) is 5.76 Å². The number of ether oxygens (including phenoxy) is 1. The minimum Gasteiger partial charge on any atom is -0.468 e. The van der Waals surface area contributed by atoms with Crippen molar-refractivity contribution in [2.45, 2.75) is 31.8 Å². The van der Waals surface area contributed by atoms with E-state index in [2.05, 4.69) is 10.3 Å². The molecule has 148 valence electrons. The number of carbonyl (C=O) groups is 1. The van der Waals surface area contributed by atoms with Crippen molar-refractivity contribution >= 4 is 36.0 Å². The number of aliphatic imine (C=N–C) groups is 1. The zero-order chi connectivity index (χ0) is 18.2. The van der Waals surface area contributed by atoms with Crippen LogP contribution in [0, 0.1) is 0 Å². The largest absolute Gasteiger partial charge is 0.468 e. The van der Waals surface area contributed by atoms with Gasteiger partial charge in [0, 0.05) is 19.1 Å². The number of likely N-dealkylation sites (N-methyl/N-ethyl adjacent to an activating group) is 1. The molecule has 1 atom stereocenters. The standard InChI is InChI=1S/C17H29N5O3.HI/c1-4-24-17(23)22-9-7-13(8-10-22)20-16(18)19-12-14(21(2)3)15-6-5-11-25-15;/h5-6,11,13-14H,4,7-10,12H2,1-3H3,(H3,18,19,20);1H. The lowest BCUT2D eigenvalue weighted by Gasteiger charge is -2.31. The number of furan rings is 1. The van der Waals surface area contributed by atoms with Crippen molar-refractivity contribution in [3.05, 3.63) is 24.2 Å². The van der Waals surface area contributed by atoms with Gasteiger partial charge in [0.25, 0.3) is 0 Å². The first-order valence-electron chi connectivity index (χ1n) is 8.69. The molecule has 0 saturated carbocycles. The molecule has 9 heteroatoms. The summed E-state index contributed by atoms with van der Waals surface area (Å²) < 4.78 is 10.5. The highest BCUT2D eigenvalue weighted by molar-refractivity contribution is 14.0. The van der Waals surface area contributed by atoms with Crippen LogP contribution in [-0.4, -0.2) is 68.2 Å². The maximum Gasteiger partial charge on any atom is 0.409 e. The van der Waals surface area contributed by atoms with Crippen molar-refractivity contribution in [2.24, 2.45) is 10.7 Å². The molecule has 2 heterocycles. The number of hydrogen-bond donors (Lipinski definition) is 2. The fraction of sp³-hybridized carbons (Fsp3) is 0.647. The van der Waals surface area contributed by atoms with E-state index in [0.717, 1.165) is 18.6 Å². The van der Waals surface area contributed by atoms with E-state index >= 15 is 0 Å². The Bertz CT molecular complexity index is 557. The van der Waals surface area contributed by atoms with Gasteiger partial charge in [0.15, 0.2) is 5.96 Å². The molecule has 1 fully saturated rings. The number of nitrogens with one attached hydrogen (secondary N) is 1. The molecule has 0 aliphatic carbocycles. The molecule has 1 aliphatic heterocycles. The number of guanidine groups is 1. The summed E-state index contributed by atoms with van der Waals surface area (Å²) in [4.78, 5) is 19.9. The topological polar surface area (TPSA) is 96.3 Å². The second-order valence-corrected chi connectivity index (χ2v) is 6.33. The summed E-state index contributed by atoms with van der Waals surface area (Å²) in [5.41, 5.74) is 6.03. The van der Waals surface area contributed by atoms with Crippen molar-refractivity contribution in [3.8, 4) is 0 Å². The van der Waals surface area contributed by atoms with Crippen LogP contribution in [0.1, 0.15) is 31.6 Å². The average molecular weight is 479 g/mol. The van der Waals surface area contributed by atoms with Crippen molar-refractivity contribution in [1.82, 2.24) is 15.1 Å². The Labute approximate surface area is 172 Å². The number of rotatable bonds is 6. The van der Waals surface area contributed by atoms with Crippen molar-refractivity contribution in [2.75, 3.05) is 40.3 Å². The molecule has 0 aromatic carbocycles. The third kappa shape index (κ3) is 6.67. The molecule has 0 radical (unpaired) electrons. The smallest absolute Gasteiger partial charge is 0.409 e. The molecule has 0 spiro atoms. The number of halogens is 1. The van der Waals surface area contributed by atoms with Crippen LogP contribution in [0.15, 0.2) is 27.8 Å². The van der Waals surface area contributed by atoms with Crippen molar-refractivity contribution < 1.29 is 13.9 Å². The summed E-state index contributed by atoms with van der Waals surface area (Å²) in [7, 11) is 3.97. The highest BCUT2D eigenvalue weighted by Crippen LogP contribution is 2.18. The van der Waals surface area contributed by atoms with Gasteiger partial charge < -0.3 is 25.1 Å². The lowest BCUT2D eigenvalue weighted by atomic mass is 10.1. The molecule has 26 heavy (non-hydrogen) atoms. The Hall–Kier alpha value is -1.49.